The van der Waals surface area contributed by atoms with Crippen molar-refractivity contribution in [3.8, 4) is 11.5 Å². The third-order valence-corrected chi connectivity index (χ3v) is 6.33. The molecule has 0 amide bonds. The van der Waals surface area contributed by atoms with Crippen molar-refractivity contribution in [1.29, 1.82) is 0 Å². The van der Waals surface area contributed by atoms with Crippen LogP contribution < -0.4 is 15.0 Å². The fraction of sp³-hybridized carbons (Fsp3) is 0.440. The molecule has 5 rings (SSSR count). The van der Waals surface area contributed by atoms with Crippen molar-refractivity contribution in [2.45, 2.75) is 57.3 Å². The van der Waals surface area contributed by atoms with Gasteiger partial charge >= 0.3 is 0 Å². The summed E-state index contributed by atoms with van der Waals surface area (Å²) in [5.74, 6) is 2.29. The molecule has 1 aliphatic heterocycles. The van der Waals surface area contributed by atoms with E-state index in [1.54, 1.807) is 43.8 Å². The predicted molar refractivity (Wildman–Crippen MR) is 133 cm³/mol. The Morgan fingerprint density at radius 3 is 2.70 bits per heavy atom. The van der Waals surface area contributed by atoms with Crippen LogP contribution in [0.2, 0.25) is 0 Å². The van der Waals surface area contributed by atoms with Crippen LogP contribution >= 0.6 is 11.8 Å². The number of nitrogens with zero attached hydrogens (tertiary/aromatic N) is 4. The normalized spacial score (nSPS) is 14.2. The molecule has 3 aromatic rings. The number of hydrogen-bond donors (Lipinski definition) is 0. The van der Waals surface area contributed by atoms with Crippen molar-refractivity contribution in [1.82, 2.24) is 19.5 Å². The summed E-state index contributed by atoms with van der Waals surface area (Å²) in [7, 11) is 3.21. The van der Waals surface area contributed by atoms with E-state index in [1.807, 2.05) is 20.0 Å². The van der Waals surface area contributed by atoms with Gasteiger partial charge in [-0.05, 0) is 31.7 Å². The Hall–Kier alpha value is -2.87. The number of thioether (sulfide) groups is 1. The Bertz CT molecular complexity index is 1150. The molecule has 4 heterocycles. The number of fused-ring (bicyclic) bond motifs is 2. The Balaban J connectivity index is 0.000000176. The monoisotopic (exact) mass is 468 g/mol. The first-order valence-corrected chi connectivity index (χ1v) is 12.4. The van der Waals surface area contributed by atoms with Crippen molar-refractivity contribution < 1.29 is 9.47 Å². The SMILES string of the molecule is C(Cc1cc2c(cn1)OCS2)=C1CCCCC1.CC.COc1ccnc2ncc(=O)n(C)c12. The Labute approximate surface area is 199 Å². The van der Waals surface area contributed by atoms with Gasteiger partial charge in [0, 0.05) is 31.4 Å². The van der Waals surface area contributed by atoms with E-state index in [0.29, 0.717) is 16.9 Å². The zero-order valence-electron chi connectivity index (χ0n) is 19.8. The molecule has 0 aromatic carbocycles. The summed E-state index contributed by atoms with van der Waals surface area (Å²) in [6.45, 7) is 4.00. The summed E-state index contributed by atoms with van der Waals surface area (Å²) in [6.07, 6.45) is 14.8. The van der Waals surface area contributed by atoms with Gasteiger partial charge in [0.05, 0.1) is 24.4 Å². The number of allylic oxidation sites excluding steroid dienone is 2. The molecule has 0 atom stereocenters. The van der Waals surface area contributed by atoms with Gasteiger partial charge in [-0.1, -0.05) is 43.7 Å². The minimum atomic E-state index is -0.177. The molecule has 7 nitrogen and oxygen atoms in total. The fourth-order valence-electron chi connectivity index (χ4n) is 3.73. The zero-order valence-corrected chi connectivity index (χ0v) is 20.7. The van der Waals surface area contributed by atoms with Gasteiger partial charge in [-0.3, -0.25) is 9.78 Å². The van der Waals surface area contributed by atoms with E-state index in [9.17, 15) is 4.79 Å². The van der Waals surface area contributed by atoms with E-state index < -0.39 is 0 Å². The summed E-state index contributed by atoms with van der Waals surface area (Å²) < 4.78 is 12.0. The Morgan fingerprint density at radius 1 is 1.15 bits per heavy atom. The molecular formula is C25H32N4O3S. The van der Waals surface area contributed by atoms with Gasteiger partial charge in [-0.2, -0.15) is 0 Å². The van der Waals surface area contributed by atoms with E-state index in [2.05, 4.69) is 27.1 Å². The maximum atomic E-state index is 11.3. The lowest BCUT2D eigenvalue weighted by Gasteiger charge is -2.13. The summed E-state index contributed by atoms with van der Waals surface area (Å²) in [6, 6.07) is 3.87. The lowest BCUT2D eigenvalue weighted by atomic mass is 9.94. The molecule has 0 radical (unpaired) electrons. The van der Waals surface area contributed by atoms with Crippen LogP contribution in [0.5, 0.6) is 11.5 Å². The van der Waals surface area contributed by atoms with E-state index in [-0.39, 0.29) is 5.56 Å². The summed E-state index contributed by atoms with van der Waals surface area (Å²) in [5, 5.41) is 0. The van der Waals surface area contributed by atoms with Gasteiger partial charge in [-0.15, -0.1) is 0 Å². The number of hydrogen-bond acceptors (Lipinski definition) is 7. The molecule has 0 spiro atoms. The number of methoxy groups -OCH3 is 1. The smallest absolute Gasteiger partial charge is 0.269 e. The highest BCUT2D eigenvalue weighted by Gasteiger charge is 2.13. The highest BCUT2D eigenvalue weighted by molar-refractivity contribution is 7.99. The maximum Gasteiger partial charge on any atom is 0.269 e. The minimum absolute atomic E-state index is 0.177. The molecule has 1 saturated carbocycles. The number of ether oxygens (including phenoxy) is 2. The molecule has 0 bridgehead atoms. The van der Waals surface area contributed by atoms with Gasteiger partial charge in [-0.25, -0.2) is 9.97 Å². The van der Waals surface area contributed by atoms with Gasteiger partial charge in [0.15, 0.2) is 11.4 Å². The third-order valence-electron chi connectivity index (χ3n) is 5.46. The van der Waals surface area contributed by atoms with E-state index in [1.165, 1.54) is 53.5 Å². The minimum Gasteiger partial charge on any atom is -0.494 e. The first-order chi connectivity index (χ1) is 16.2. The van der Waals surface area contributed by atoms with Crippen LogP contribution in [-0.2, 0) is 13.5 Å². The van der Waals surface area contributed by atoms with Crippen LogP contribution in [0.1, 0.15) is 51.6 Å². The van der Waals surface area contributed by atoms with Gasteiger partial charge in [0.2, 0.25) is 0 Å². The molecule has 1 aliphatic carbocycles. The van der Waals surface area contributed by atoms with Crippen LogP contribution in [0.15, 0.2) is 52.1 Å². The van der Waals surface area contributed by atoms with Gasteiger partial charge in [0.25, 0.3) is 5.56 Å². The van der Waals surface area contributed by atoms with E-state index in [0.717, 1.165) is 18.1 Å². The van der Waals surface area contributed by atoms with Crippen molar-refractivity contribution in [2.75, 3.05) is 13.0 Å². The topological polar surface area (TPSA) is 79.1 Å². The molecule has 0 N–H and O–H groups in total. The molecular weight excluding hydrogens is 436 g/mol. The van der Waals surface area contributed by atoms with Gasteiger partial charge in [0.1, 0.15) is 17.2 Å². The average molecular weight is 469 g/mol. The Kier molecular flexibility index (Phi) is 9.30. The molecule has 33 heavy (non-hydrogen) atoms. The third kappa shape index (κ3) is 6.35. The fourth-order valence-corrected chi connectivity index (χ4v) is 4.51. The second kappa shape index (κ2) is 12.4. The van der Waals surface area contributed by atoms with Crippen molar-refractivity contribution in [2.24, 2.45) is 7.05 Å². The van der Waals surface area contributed by atoms with Crippen molar-refractivity contribution in [3.05, 3.63) is 58.4 Å². The first-order valence-electron chi connectivity index (χ1n) is 11.4. The van der Waals surface area contributed by atoms with Crippen LogP contribution in [0, 0.1) is 0 Å². The Morgan fingerprint density at radius 2 is 1.94 bits per heavy atom. The summed E-state index contributed by atoms with van der Waals surface area (Å²) in [4.78, 5) is 25.0. The van der Waals surface area contributed by atoms with Crippen LogP contribution in [0.4, 0.5) is 0 Å². The lowest BCUT2D eigenvalue weighted by molar-refractivity contribution is 0.395. The van der Waals surface area contributed by atoms with Crippen LogP contribution in [0.25, 0.3) is 11.2 Å². The lowest BCUT2D eigenvalue weighted by Crippen LogP contribution is -2.17. The van der Waals surface area contributed by atoms with Crippen molar-refractivity contribution in [3.63, 3.8) is 0 Å². The number of pyridine rings is 2. The molecule has 1 fully saturated rings. The summed E-state index contributed by atoms with van der Waals surface area (Å²) >= 11 is 1.76. The highest BCUT2D eigenvalue weighted by atomic mass is 32.2. The standard InChI is InChI=1S/C14H17NOS.C9H9N3O2.C2H6/c1-2-4-11(5-3-1)6-7-12-8-14-13(9-15-12)16-10-17-14;1-12-7(13)5-11-9-8(12)6(14-2)3-4-10-9;1-2/h6,8-9H,1-5,7,10H2;3-5H,1-2H3;1-2H3. The second-order valence-corrected chi connectivity index (χ2v) is 8.46. The largest absolute Gasteiger partial charge is 0.494 e. The number of rotatable bonds is 3. The number of aromatic nitrogens is 4. The second-order valence-electron chi connectivity index (χ2n) is 7.50. The molecule has 8 heteroatoms. The first kappa shape index (κ1) is 24.8. The zero-order chi connectivity index (χ0) is 23.6. The van der Waals surface area contributed by atoms with Gasteiger partial charge < -0.3 is 14.0 Å². The van der Waals surface area contributed by atoms with Crippen LogP contribution in [0.3, 0.4) is 0 Å². The maximum absolute atomic E-state index is 11.3. The molecule has 0 saturated heterocycles. The predicted octanol–water partition coefficient (Wildman–Crippen LogP) is 5.32. The average Bonchev–Trinajstić information content (AvgIpc) is 3.35. The molecule has 176 valence electrons. The highest BCUT2D eigenvalue weighted by Crippen LogP contribution is 2.35. The quantitative estimate of drug-likeness (QED) is 0.481. The van der Waals surface area contributed by atoms with Crippen molar-refractivity contribution >= 4 is 22.9 Å². The van der Waals surface area contributed by atoms with E-state index >= 15 is 0 Å². The van der Waals surface area contributed by atoms with Crippen LogP contribution in [-0.4, -0.2) is 32.6 Å². The molecule has 0 unspecified atom stereocenters. The molecule has 3 aromatic heterocycles. The van der Waals surface area contributed by atoms with E-state index in [4.69, 9.17) is 9.47 Å². The number of aryl methyl sites for hydroxylation is 1. The molecule has 2 aliphatic rings. The summed E-state index contributed by atoms with van der Waals surface area (Å²) in [5.41, 5.74) is 3.74.